The van der Waals surface area contributed by atoms with Crippen LogP contribution in [-0.4, -0.2) is 43.8 Å². The molecular weight excluding hydrogens is 222 g/mol. The van der Waals surface area contributed by atoms with Crippen molar-refractivity contribution in [2.24, 2.45) is 10.9 Å². The first kappa shape index (κ1) is 12.4. The summed E-state index contributed by atoms with van der Waals surface area (Å²) in [6.45, 7) is 5.37. The number of epoxide rings is 1. The molecule has 5 nitrogen and oxygen atoms in total. The summed E-state index contributed by atoms with van der Waals surface area (Å²) in [6.07, 6.45) is 1.65. The highest BCUT2D eigenvalue weighted by atomic mass is 16.7. The zero-order valence-corrected chi connectivity index (χ0v) is 10.3. The lowest BCUT2D eigenvalue weighted by molar-refractivity contribution is -0.144. The Morgan fingerprint density at radius 1 is 1.24 bits per heavy atom. The Hall–Kier alpha value is -1.10. The van der Waals surface area contributed by atoms with E-state index in [1.165, 1.54) is 12.8 Å². The van der Waals surface area contributed by atoms with Gasteiger partial charge in [-0.25, -0.2) is 4.79 Å². The second-order valence-corrected chi connectivity index (χ2v) is 4.28. The highest BCUT2D eigenvalue weighted by molar-refractivity contribution is 5.92. The highest BCUT2D eigenvalue weighted by Crippen LogP contribution is 2.30. The summed E-state index contributed by atoms with van der Waals surface area (Å²) in [6, 6.07) is 0. The molecule has 0 bridgehead atoms. The molecule has 2 rings (SSSR count). The standard InChI is InChI=1S/C12H19NO4/c1-3-15-11(13-7-8-5-6-8)9-10(17-9)12(14)16-4-2/h8-10H,3-7H2,1-2H3. The van der Waals surface area contributed by atoms with Gasteiger partial charge in [-0.15, -0.1) is 0 Å². The molecule has 0 aromatic heterocycles. The van der Waals surface area contributed by atoms with Gasteiger partial charge in [-0.2, -0.15) is 0 Å². The summed E-state index contributed by atoms with van der Waals surface area (Å²) in [5.41, 5.74) is 0. The van der Waals surface area contributed by atoms with Crippen molar-refractivity contribution in [3.8, 4) is 0 Å². The minimum absolute atomic E-state index is 0.323. The molecule has 2 aliphatic rings. The molecule has 2 unspecified atom stereocenters. The van der Waals surface area contributed by atoms with Crippen molar-refractivity contribution in [2.45, 2.75) is 38.9 Å². The van der Waals surface area contributed by atoms with Crippen molar-refractivity contribution in [3.63, 3.8) is 0 Å². The first-order chi connectivity index (χ1) is 8.26. The van der Waals surface area contributed by atoms with E-state index in [0.29, 0.717) is 25.0 Å². The third kappa shape index (κ3) is 3.43. The number of esters is 1. The van der Waals surface area contributed by atoms with Gasteiger partial charge < -0.3 is 14.2 Å². The molecule has 2 fully saturated rings. The molecule has 0 aromatic rings. The molecule has 0 amide bonds. The number of carbonyl (C=O) groups is 1. The fourth-order valence-electron chi connectivity index (χ4n) is 1.59. The van der Waals surface area contributed by atoms with E-state index in [2.05, 4.69) is 4.99 Å². The van der Waals surface area contributed by atoms with E-state index in [4.69, 9.17) is 14.2 Å². The molecule has 0 N–H and O–H groups in total. The van der Waals surface area contributed by atoms with Crippen LogP contribution in [0, 0.1) is 5.92 Å². The molecule has 1 saturated heterocycles. The largest absolute Gasteiger partial charge is 0.479 e. The lowest BCUT2D eigenvalue weighted by Crippen LogP contribution is -2.21. The summed E-state index contributed by atoms with van der Waals surface area (Å²) in [4.78, 5) is 15.8. The quantitative estimate of drug-likeness (QED) is 0.303. The number of nitrogens with zero attached hydrogens (tertiary/aromatic N) is 1. The average molecular weight is 241 g/mol. The summed E-state index contributed by atoms with van der Waals surface area (Å²) >= 11 is 0. The molecule has 1 aliphatic heterocycles. The summed E-state index contributed by atoms with van der Waals surface area (Å²) in [5, 5.41) is 0. The molecule has 17 heavy (non-hydrogen) atoms. The van der Waals surface area contributed by atoms with Crippen molar-refractivity contribution >= 4 is 11.9 Å². The first-order valence-electron chi connectivity index (χ1n) is 6.25. The van der Waals surface area contributed by atoms with E-state index in [1.54, 1.807) is 6.92 Å². The van der Waals surface area contributed by atoms with E-state index in [1.807, 2.05) is 6.92 Å². The second-order valence-electron chi connectivity index (χ2n) is 4.28. The predicted molar refractivity (Wildman–Crippen MR) is 61.9 cm³/mol. The molecule has 1 aliphatic carbocycles. The van der Waals surface area contributed by atoms with E-state index >= 15 is 0 Å². The van der Waals surface area contributed by atoms with Crippen LogP contribution in [0.1, 0.15) is 26.7 Å². The molecular formula is C12H19NO4. The zero-order chi connectivity index (χ0) is 12.3. The number of hydrogen-bond acceptors (Lipinski definition) is 5. The summed E-state index contributed by atoms with van der Waals surface area (Å²) in [7, 11) is 0. The Labute approximate surface area is 101 Å². The highest BCUT2D eigenvalue weighted by Gasteiger charge is 2.51. The Kier molecular flexibility index (Phi) is 3.99. The predicted octanol–water partition coefficient (Wildman–Crippen LogP) is 1.16. The van der Waals surface area contributed by atoms with Gasteiger partial charge in [-0.3, -0.25) is 4.99 Å². The molecule has 1 saturated carbocycles. The van der Waals surface area contributed by atoms with E-state index in [9.17, 15) is 4.79 Å². The molecule has 5 heteroatoms. The van der Waals surface area contributed by atoms with Gasteiger partial charge in [0.1, 0.15) is 0 Å². The zero-order valence-electron chi connectivity index (χ0n) is 10.3. The topological polar surface area (TPSA) is 60.4 Å². The van der Waals surface area contributed by atoms with E-state index in [0.717, 1.165) is 6.54 Å². The minimum Gasteiger partial charge on any atom is -0.479 e. The molecule has 0 aromatic carbocycles. The first-order valence-corrected chi connectivity index (χ1v) is 6.25. The fourth-order valence-corrected chi connectivity index (χ4v) is 1.59. The van der Waals surface area contributed by atoms with Gasteiger partial charge in [0.05, 0.1) is 13.2 Å². The Morgan fingerprint density at radius 2 is 1.94 bits per heavy atom. The van der Waals surface area contributed by atoms with Crippen molar-refractivity contribution in [3.05, 3.63) is 0 Å². The van der Waals surface area contributed by atoms with Gasteiger partial charge in [0, 0.05) is 6.54 Å². The number of aliphatic imine (C=N–C) groups is 1. The third-order valence-corrected chi connectivity index (χ3v) is 2.75. The second kappa shape index (κ2) is 5.49. The smallest absolute Gasteiger partial charge is 0.338 e. The summed E-state index contributed by atoms with van der Waals surface area (Å²) < 4.78 is 15.6. The number of hydrogen-bond donors (Lipinski definition) is 0. The SMILES string of the molecule is CCOC(=O)C1OC1C(=NCC1CC1)OCC. The van der Waals surface area contributed by atoms with Gasteiger partial charge in [0.25, 0.3) is 0 Å². The van der Waals surface area contributed by atoms with Crippen molar-refractivity contribution < 1.29 is 19.0 Å². The Morgan fingerprint density at radius 3 is 2.53 bits per heavy atom. The van der Waals surface area contributed by atoms with Crippen LogP contribution in [0.2, 0.25) is 0 Å². The van der Waals surface area contributed by atoms with Gasteiger partial charge >= 0.3 is 5.97 Å². The Bertz CT molecular complexity index is 312. The molecule has 0 spiro atoms. The van der Waals surface area contributed by atoms with Crippen LogP contribution >= 0.6 is 0 Å². The van der Waals surface area contributed by atoms with Crippen LogP contribution in [0.15, 0.2) is 4.99 Å². The van der Waals surface area contributed by atoms with Crippen LogP contribution in [-0.2, 0) is 19.0 Å². The van der Waals surface area contributed by atoms with Gasteiger partial charge in [-0.05, 0) is 32.6 Å². The molecule has 1 heterocycles. The van der Waals surface area contributed by atoms with Gasteiger partial charge in [0.15, 0.2) is 12.2 Å². The lowest BCUT2D eigenvalue weighted by atomic mass is 10.3. The van der Waals surface area contributed by atoms with Crippen LogP contribution in [0.5, 0.6) is 0 Å². The third-order valence-electron chi connectivity index (χ3n) is 2.75. The molecule has 2 atom stereocenters. The van der Waals surface area contributed by atoms with Gasteiger partial charge in [-0.1, -0.05) is 0 Å². The van der Waals surface area contributed by atoms with Gasteiger partial charge in [0.2, 0.25) is 5.90 Å². The van der Waals surface area contributed by atoms with Crippen molar-refractivity contribution in [1.82, 2.24) is 0 Å². The minimum atomic E-state index is -0.514. The van der Waals surface area contributed by atoms with Crippen LogP contribution in [0.3, 0.4) is 0 Å². The Balaban J connectivity index is 1.84. The maximum absolute atomic E-state index is 11.4. The monoisotopic (exact) mass is 241 g/mol. The fraction of sp³-hybridized carbons (Fsp3) is 0.833. The lowest BCUT2D eigenvalue weighted by Gasteiger charge is -2.04. The number of rotatable bonds is 6. The molecule has 0 radical (unpaired) electrons. The number of carbonyl (C=O) groups excluding carboxylic acids is 1. The normalized spacial score (nSPS) is 27.8. The van der Waals surface area contributed by atoms with Crippen molar-refractivity contribution in [2.75, 3.05) is 19.8 Å². The maximum Gasteiger partial charge on any atom is 0.338 e. The van der Waals surface area contributed by atoms with Crippen LogP contribution in [0.25, 0.3) is 0 Å². The molecule has 96 valence electrons. The average Bonchev–Trinajstić information content (AvgIpc) is 3.16. The van der Waals surface area contributed by atoms with E-state index in [-0.39, 0.29) is 12.1 Å². The summed E-state index contributed by atoms with van der Waals surface area (Å²) in [5.74, 6) is 0.930. The maximum atomic E-state index is 11.4. The van der Waals surface area contributed by atoms with E-state index < -0.39 is 6.10 Å². The van der Waals surface area contributed by atoms with Crippen LogP contribution < -0.4 is 0 Å². The van der Waals surface area contributed by atoms with Crippen molar-refractivity contribution in [1.29, 1.82) is 0 Å². The van der Waals surface area contributed by atoms with Crippen LogP contribution in [0.4, 0.5) is 0 Å². The number of ether oxygens (including phenoxy) is 3.